The van der Waals surface area contributed by atoms with Gasteiger partial charge in [0.05, 0.1) is 50.9 Å². The zero-order valence-electron chi connectivity index (χ0n) is 11.4. The summed E-state index contributed by atoms with van der Waals surface area (Å²) >= 11 is 0. The van der Waals surface area contributed by atoms with Gasteiger partial charge in [0.15, 0.2) is 0 Å². The minimum Gasteiger partial charge on any atom is -0.377 e. The Morgan fingerprint density at radius 1 is 1.15 bits per heavy atom. The SMILES string of the molecule is c1ccc(Cn2cc(NC3COCCOC3)cn2)cc1. The van der Waals surface area contributed by atoms with Crippen molar-refractivity contribution in [3.05, 3.63) is 48.3 Å². The molecule has 106 valence electrons. The maximum atomic E-state index is 5.47. The molecule has 0 radical (unpaired) electrons. The monoisotopic (exact) mass is 273 g/mol. The first-order valence-corrected chi connectivity index (χ1v) is 6.88. The van der Waals surface area contributed by atoms with Gasteiger partial charge in [-0.15, -0.1) is 0 Å². The van der Waals surface area contributed by atoms with Gasteiger partial charge in [0.1, 0.15) is 0 Å². The molecule has 1 aliphatic heterocycles. The van der Waals surface area contributed by atoms with Crippen molar-refractivity contribution >= 4 is 5.69 Å². The number of hydrogen-bond donors (Lipinski definition) is 1. The minimum atomic E-state index is 0.187. The summed E-state index contributed by atoms with van der Waals surface area (Å²) in [6.45, 7) is 3.46. The molecule has 0 saturated carbocycles. The van der Waals surface area contributed by atoms with Gasteiger partial charge in [-0.1, -0.05) is 30.3 Å². The first-order chi connectivity index (χ1) is 9.90. The Kier molecular flexibility index (Phi) is 4.30. The van der Waals surface area contributed by atoms with Gasteiger partial charge in [0, 0.05) is 6.20 Å². The summed E-state index contributed by atoms with van der Waals surface area (Å²) in [7, 11) is 0. The van der Waals surface area contributed by atoms with Gasteiger partial charge in [-0.25, -0.2) is 0 Å². The lowest BCUT2D eigenvalue weighted by Gasteiger charge is -2.14. The van der Waals surface area contributed by atoms with Crippen LogP contribution in [0.15, 0.2) is 42.7 Å². The molecule has 0 unspecified atom stereocenters. The maximum absolute atomic E-state index is 5.47. The van der Waals surface area contributed by atoms with Gasteiger partial charge >= 0.3 is 0 Å². The van der Waals surface area contributed by atoms with Crippen LogP contribution in [0.4, 0.5) is 5.69 Å². The van der Waals surface area contributed by atoms with Crippen molar-refractivity contribution in [1.82, 2.24) is 9.78 Å². The molecule has 3 rings (SSSR count). The average molecular weight is 273 g/mol. The lowest BCUT2D eigenvalue weighted by atomic mass is 10.2. The number of anilines is 1. The number of nitrogens with zero attached hydrogens (tertiary/aromatic N) is 2. The Bertz CT molecular complexity index is 519. The van der Waals surface area contributed by atoms with Crippen molar-refractivity contribution in [3.63, 3.8) is 0 Å². The predicted octanol–water partition coefficient (Wildman–Crippen LogP) is 1.76. The van der Waals surface area contributed by atoms with Crippen LogP contribution in [-0.2, 0) is 16.0 Å². The summed E-state index contributed by atoms with van der Waals surface area (Å²) in [5.41, 5.74) is 2.24. The van der Waals surface area contributed by atoms with Gasteiger partial charge in [-0.3, -0.25) is 4.68 Å². The Balaban J connectivity index is 1.59. The van der Waals surface area contributed by atoms with Crippen LogP contribution in [0, 0.1) is 0 Å². The number of benzene rings is 1. The van der Waals surface area contributed by atoms with Crippen molar-refractivity contribution < 1.29 is 9.47 Å². The van der Waals surface area contributed by atoms with E-state index in [1.165, 1.54) is 5.56 Å². The Labute approximate surface area is 118 Å². The summed E-state index contributed by atoms with van der Waals surface area (Å²) in [6, 6.07) is 10.5. The van der Waals surface area contributed by atoms with Crippen LogP contribution in [0.25, 0.3) is 0 Å². The molecule has 0 amide bonds. The molecule has 1 aliphatic rings. The highest BCUT2D eigenvalue weighted by atomic mass is 16.5. The first kappa shape index (κ1) is 13.1. The highest BCUT2D eigenvalue weighted by Gasteiger charge is 2.13. The van der Waals surface area contributed by atoms with Crippen LogP contribution in [0.5, 0.6) is 0 Å². The van der Waals surface area contributed by atoms with Gasteiger partial charge in [-0.05, 0) is 5.56 Å². The third-order valence-electron chi connectivity index (χ3n) is 3.20. The molecular weight excluding hydrogens is 254 g/mol. The Morgan fingerprint density at radius 3 is 2.65 bits per heavy atom. The topological polar surface area (TPSA) is 48.3 Å². The van der Waals surface area contributed by atoms with Crippen LogP contribution in [0.2, 0.25) is 0 Å². The molecular formula is C15H19N3O2. The normalized spacial score (nSPS) is 16.8. The third-order valence-corrected chi connectivity index (χ3v) is 3.20. The molecule has 0 aliphatic carbocycles. The van der Waals surface area contributed by atoms with Crippen molar-refractivity contribution in [3.8, 4) is 0 Å². The van der Waals surface area contributed by atoms with Gasteiger partial charge in [0.2, 0.25) is 0 Å². The fourth-order valence-electron chi connectivity index (χ4n) is 2.23. The fourth-order valence-corrected chi connectivity index (χ4v) is 2.23. The molecule has 2 heterocycles. The van der Waals surface area contributed by atoms with Crippen molar-refractivity contribution in [1.29, 1.82) is 0 Å². The third kappa shape index (κ3) is 3.59. The first-order valence-electron chi connectivity index (χ1n) is 6.88. The van der Waals surface area contributed by atoms with E-state index >= 15 is 0 Å². The number of hydrogen-bond acceptors (Lipinski definition) is 4. The zero-order valence-corrected chi connectivity index (χ0v) is 11.4. The molecule has 0 atom stereocenters. The molecule has 0 spiro atoms. The molecule has 5 heteroatoms. The number of nitrogens with one attached hydrogen (secondary N) is 1. The Morgan fingerprint density at radius 2 is 1.90 bits per heavy atom. The van der Waals surface area contributed by atoms with Crippen LogP contribution >= 0.6 is 0 Å². The molecule has 1 aromatic carbocycles. The Hall–Kier alpha value is -1.85. The highest BCUT2D eigenvalue weighted by Crippen LogP contribution is 2.10. The quantitative estimate of drug-likeness (QED) is 0.922. The van der Waals surface area contributed by atoms with E-state index in [0.29, 0.717) is 26.4 Å². The van der Waals surface area contributed by atoms with Crippen molar-refractivity contribution in [2.24, 2.45) is 0 Å². The number of aromatic nitrogens is 2. The van der Waals surface area contributed by atoms with Crippen molar-refractivity contribution in [2.75, 3.05) is 31.7 Å². The molecule has 2 aromatic rings. The van der Waals surface area contributed by atoms with Crippen molar-refractivity contribution in [2.45, 2.75) is 12.6 Å². The van der Waals surface area contributed by atoms with Gasteiger partial charge < -0.3 is 14.8 Å². The van der Waals surface area contributed by atoms with Gasteiger partial charge in [-0.2, -0.15) is 5.10 Å². The van der Waals surface area contributed by atoms with Crippen LogP contribution in [-0.4, -0.2) is 42.2 Å². The van der Waals surface area contributed by atoms with Crippen LogP contribution in [0.1, 0.15) is 5.56 Å². The zero-order chi connectivity index (χ0) is 13.6. The summed E-state index contributed by atoms with van der Waals surface area (Å²) in [4.78, 5) is 0. The highest BCUT2D eigenvalue weighted by molar-refractivity contribution is 5.39. The molecule has 20 heavy (non-hydrogen) atoms. The molecule has 1 aromatic heterocycles. The average Bonchev–Trinajstić information content (AvgIpc) is 2.74. The summed E-state index contributed by atoms with van der Waals surface area (Å²) in [5.74, 6) is 0. The van der Waals surface area contributed by atoms with E-state index in [1.807, 2.05) is 35.3 Å². The summed E-state index contributed by atoms with van der Waals surface area (Å²) < 4.78 is 12.9. The summed E-state index contributed by atoms with van der Waals surface area (Å²) in [5, 5.41) is 7.77. The minimum absolute atomic E-state index is 0.187. The second kappa shape index (κ2) is 6.54. The predicted molar refractivity (Wildman–Crippen MR) is 76.8 cm³/mol. The van der Waals surface area contributed by atoms with E-state index in [4.69, 9.17) is 9.47 Å². The van der Waals surface area contributed by atoms with E-state index < -0.39 is 0 Å². The molecule has 0 bridgehead atoms. The van der Waals surface area contributed by atoms with E-state index in [-0.39, 0.29) is 6.04 Å². The van der Waals surface area contributed by atoms with E-state index in [0.717, 1.165) is 12.2 Å². The standard InChI is InChI=1S/C15H19N3O2/c1-2-4-13(5-3-1)9-18-10-14(8-16-18)17-15-11-19-6-7-20-12-15/h1-5,8,10,15,17H,6-7,9,11-12H2. The molecule has 1 saturated heterocycles. The van der Waals surface area contributed by atoms with E-state index in [9.17, 15) is 0 Å². The summed E-state index contributed by atoms with van der Waals surface area (Å²) in [6.07, 6.45) is 3.85. The molecule has 1 N–H and O–H groups in total. The second-order valence-electron chi connectivity index (χ2n) is 4.90. The largest absolute Gasteiger partial charge is 0.377 e. The van der Waals surface area contributed by atoms with Crippen LogP contribution < -0.4 is 5.32 Å². The molecule has 5 nitrogen and oxygen atoms in total. The van der Waals surface area contributed by atoms with Crippen LogP contribution in [0.3, 0.4) is 0 Å². The second-order valence-corrected chi connectivity index (χ2v) is 4.90. The van der Waals surface area contributed by atoms with Gasteiger partial charge in [0.25, 0.3) is 0 Å². The number of ether oxygens (including phenoxy) is 2. The molecule has 1 fully saturated rings. The smallest absolute Gasteiger partial charge is 0.0730 e. The van der Waals surface area contributed by atoms with E-state index in [1.54, 1.807) is 0 Å². The maximum Gasteiger partial charge on any atom is 0.0730 e. The lowest BCUT2D eigenvalue weighted by molar-refractivity contribution is 0.103. The van der Waals surface area contributed by atoms with E-state index in [2.05, 4.69) is 22.5 Å². The number of rotatable bonds is 4. The fraction of sp³-hybridized carbons (Fsp3) is 0.400. The lowest BCUT2D eigenvalue weighted by Crippen LogP contribution is -2.28.